The smallest absolute Gasteiger partial charge is 0.181 e. The Kier molecular flexibility index (Phi) is 1.75. The average molecular weight is 146 g/mol. The van der Waals surface area contributed by atoms with Gasteiger partial charge in [0.15, 0.2) is 6.79 Å². The van der Waals surface area contributed by atoms with Gasteiger partial charge in [0.25, 0.3) is 0 Å². The van der Waals surface area contributed by atoms with E-state index in [2.05, 4.69) is 0 Å². The van der Waals surface area contributed by atoms with Gasteiger partial charge in [-0.1, -0.05) is 0 Å². The van der Waals surface area contributed by atoms with Gasteiger partial charge < -0.3 is 4.74 Å². The van der Waals surface area contributed by atoms with Gasteiger partial charge in [0.1, 0.15) is 5.60 Å². The fourth-order valence-corrected chi connectivity index (χ4v) is 0.617. The van der Waals surface area contributed by atoms with E-state index in [-0.39, 0.29) is 18.0 Å². The van der Waals surface area contributed by atoms with Gasteiger partial charge in [0, 0.05) is 0 Å². The second-order valence-corrected chi connectivity index (χ2v) is 3.48. The lowest BCUT2D eigenvalue weighted by Gasteiger charge is -2.42. The van der Waals surface area contributed by atoms with Gasteiger partial charge in [-0.2, -0.15) is 0 Å². The van der Waals surface area contributed by atoms with Crippen molar-refractivity contribution < 1.29 is 14.5 Å². The molecule has 1 rings (SSSR count). The molecule has 0 radical (unpaired) electrons. The van der Waals surface area contributed by atoms with Gasteiger partial charge in [-0.15, -0.1) is 0 Å². The van der Waals surface area contributed by atoms with Crippen LogP contribution in [-0.2, 0) is 14.5 Å². The van der Waals surface area contributed by atoms with E-state index in [9.17, 15) is 0 Å². The van der Waals surface area contributed by atoms with E-state index in [0.717, 1.165) is 0 Å². The summed E-state index contributed by atoms with van der Waals surface area (Å²) >= 11 is 0. The Hall–Kier alpha value is -0.120. The van der Waals surface area contributed by atoms with Crippen molar-refractivity contribution in [3.63, 3.8) is 0 Å². The van der Waals surface area contributed by atoms with Crippen LogP contribution < -0.4 is 0 Å². The van der Waals surface area contributed by atoms with Gasteiger partial charge in [0.05, 0.1) is 5.60 Å². The highest BCUT2D eigenvalue weighted by atomic mass is 17.2. The van der Waals surface area contributed by atoms with Gasteiger partial charge in [-0.3, -0.25) is 0 Å². The topological polar surface area (TPSA) is 27.7 Å². The van der Waals surface area contributed by atoms with E-state index in [0.29, 0.717) is 0 Å². The lowest BCUT2D eigenvalue weighted by molar-refractivity contribution is -0.465. The van der Waals surface area contributed by atoms with Crippen LogP contribution in [0.3, 0.4) is 0 Å². The van der Waals surface area contributed by atoms with Crippen molar-refractivity contribution in [2.24, 2.45) is 0 Å². The minimum absolute atomic E-state index is 0.219. The summed E-state index contributed by atoms with van der Waals surface area (Å²) in [5.41, 5.74) is -0.642. The summed E-state index contributed by atoms with van der Waals surface area (Å²) in [5, 5.41) is 0. The van der Waals surface area contributed by atoms with E-state index in [1.165, 1.54) is 0 Å². The van der Waals surface area contributed by atoms with E-state index < -0.39 is 0 Å². The highest BCUT2D eigenvalue weighted by Gasteiger charge is 2.43. The second-order valence-electron chi connectivity index (χ2n) is 3.48. The SMILES string of the molecule is CC1(C)OCOOC1(C)C. The molecule has 3 nitrogen and oxygen atoms in total. The Labute approximate surface area is 61.2 Å². The lowest BCUT2D eigenvalue weighted by Crippen LogP contribution is -2.53. The zero-order chi connectivity index (χ0) is 7.83. The fourth-order valence-electron chi connectivity index (χ4n) is 0.617. The maximum atomic E-state index is 5.33. The zero-order valence-electron chi connectivity index (χ0n) is 6.93. The van der Waals surface area contributed by atoms with Gasteiger partial charge in [0.2, 0.25) is 0 Å². The molecule has 0 amide bonds. The quantitative estimate of drug-likeness (QED) is 0.484. The maximum absolute atomic E-state index is 5.33. The van der Waals surface area contributed by atoms with Crippen LogP contribution in [0.2, 0.25) is 0 Å². The molecule has 10 heavy (non-hydrogen) atoms. The Bertz CT molecular complexity index is 113. The van der Waals surface area contributed by atoms with Crippen molar-refractivity contribution >= 4 is 0 Å². The van der Waals surface area contributed by atoms with Crippen LogP contribution in [0.15, 0.2) is 0 Å². The molecule has 0 unspecified atom stereocenters. The van der Waals surface area contributed by atoms with Crippen molar-refractivity contribution in [2.75, 3.05) is 6.79 Å². The molecule has 0 aromatic rings. The summed E-state index contributed by atoms with van der Waals surface area (Å²) < 4.78 is 5.33. The van der Waals surface area contributed by atoms with Crippen molar-refractivity contribution in [2.45, 2.75) is 38.9 Å². The van der Waals surface area contributed by atoms with E-state index >= 15 is 0 Å². The van der Waals surface area contributed by atoms with Crippen molar-refractivity contribution in [3.8, 4) is 0 Å². The summed E-state index contributed by atoms with van der Waals surface area (Å²) in [6.07, 6.45) is 0. The fraction of sp³-hybridized carbons (Fsp3) is 1.00. The van der Waals surface area contributed by atoms with Crippen LogP contribution in [-0.4, -0.2) is 18.0 Å². The summed E-state index contributed by atoms with van der Waals surface area (Å²) in [6.45, 7) is 8.06. The molecule has 0 aliphatic carbocycles. The Morgan fingerprint density at radius 1 is 1.00 bits per heavy atom. The number of hydrogen-bond acceptors (Lipinski definition) is 3. The molecule has 1 fully saturated rings. The van der Waals surface area contributed by atoms with E-state index in [4.69, 9.17) is 14.5 Å². The molecule has 0 aromatic carbocycles. The molecule has 60 valence electrons. The van der Waals surface area contributed by atoms with Gasteiger partial charge >= 0.3 is 0 Å². The second kappa shape index (κ2) is 2.19. The Balaban J connectivity index is 2.70. The number of ether oxygens (including phenoxy) is 1. The maximum Gasteiger partial charge on any atom is 0.181 e. The van der Waals surface area contributed by atoms with Crippen LogP contribution in [0.25, 0.3) is 0 Å². The highest BCUT2D eigenvalue weighted by molar-refractivity contribution is 4.89. The van der Waals surface area contributed by atoms with Gasteiger partial charge in [-0.25, -0.2) is 9.78 Å². The van der Waals surface area contributed by atoms with Crippen LogP contribution in [0.4, 0.5) is 0 Å². The Morgan fingerprint density at radius 3 is 1.90 bits per heavy atom. The first-order valence-corrected chi connectivity index (χ1v) is 3.40. The number of rotatable bonds is 0. The molecule has 0 aromatic heterocycles. The first kappa shape index (κ1) is 7.98. The molecular formula is C7H14O3. The monoisotopic (exact) mass is 146 g/mol. The molecule has 1 aliphatic rings. The first-order chi connectivity index (χ1) is 4.46. The Morgan fingerprint density at radius 2 is 1.60 bits per heavy atom. The third-order valence-corrected chi connectivity index (χ3v) is 2.19. The molecule has 0 atom stereocenters. The molecule has 0 saturated carbocycles. The normalized spacial score (nSPS) is 30.0. The molecule has 1 heterocycles. The zero-order valence-corrected chi connectivity index (χ0v) is 6.93. The third kappa shape index (κ3) is 1.17. The predicted molar refractivity (Wildman–Crippen MR) is 36.3 cm³/mol. The molecule has 0 spiro atoms. The van der Waals surface area contributed by atoms with Crippen molar-refractivity contribution in [1.82, 2.24) is 0 Å². The van der Waals surface area contributed by atoms with E-state index in [1.807, 2.05) is 27.7 Å². The number of hydrogen-bond donors (Lipinski definition) is 0. The van der Waals surface area contributed by atoms with Crippen LogP contribution in [0.1, 0.15) is 27.7 Å². The molecule has 1 saturated heterocycles. The van der Waals surface area contributed by atoms with Crippen LogP contribution in [0, 0.1) is 0 Å². The van der Waals surface area contributed by atoms with Crippen LogP contribution in [0.5, 0.6) is 0 Å². The molecule has 0 N–H and O–H groups in total. The lowest BCUT2D eigenvalue weighted by atomic mass is 9.89. The summed E-state index contributed by atoms with van der Waals surface area (Å²) in [7, 11) is 0. The van der Waals surface area contributed by atoms with Crippen molar-refractivity contribution in [1.29, 1.82) is 0 Å². The molecular weight excluding hydrogens is 132 g/mol. The molecule has 1 aliphatic heterocycles. The summed E-state index contributed by atoms with van der Waals surface area (Å²) in [5.74, 6) is 0. The minimum atomic E-state index is -0.370. The van der Waals surface area contributed by atoms with E-state index in [1.54, 1.807) is 0 Å². The largest absolute Gasteiger partial charge is 0.343 e. The minimum Gasteiger partial charge on any atom is -0.343 e. The summed E-state index contributed by atoms with van der Waals surface area (Å²) in [6, 6.07) is 0. The highest BCUT2D eigenvalue weighted by Crippen LogP contribution is 2.32. The predicted octanol–water partition coefficient (Wildman–Crippen LogP) is 1.48. The standard InChI is InChI=1S/C7H14O3/c1-6(2)7(3,4)10-9-5-8-6/h5H2,1-4H3. The molecule has 3 heteroatoms. The van der Waals surface area contributed by atoms with Crippen LogP contribution >= 0.6 is 0 Å². The first-order valence-electron chi connectivity index (χ1n) is 3.40. The summed E-state index contributed by atoms with van der Waals surface area (Å²) in [4.78, 5) is 9.75. The van der Waals surface area contributed by atoms with Gasteiger partial charge in [-0.05, 0) is 27.7 Å². The average Bonchev–Trinajstić information content (AvgIpc) is 1.77. The molecule has 0 bridgehead atoms. The third-order valence-electron chi connectivity index (χ3n) is 2.19. The van der Waals surface area contributed by atoms with Crippen molar-refractivity contribution in [3.05, 3.63) is 0 Å².